The minimum atomic E-state index is -2.82. The summed E-state index contributed by atoms with van der Waals surface area (Å²) < 4.78 is 21.3. The maximum absolute atomic E-state index is 9.06. The second-order valence-corrected chi connectivity index (χ2v) is 1.28. The fourth-order valence-corrected chi connectivity index (χ4v) is 0. The summed E-state index contributed by atoms with van der Waals surface area (Å²) in [7, 11) is -2.82. The van der Waals surface area contributed by atoms with Crippen molar-refractivity contribution in [1.29, 1.82) is 0 Å². The Morgan fingerprint density at radius 2 is 1.75 bits per heavy atom. The first-order valence-corrected chi connectivity index (χ1v) is 2.70. The number of hydrogen-bond acceptors (Lipinski definition) is 4. The second kappa shape index (κ2) is 9.79. The van der Waals surface area contributed by atoms with E-state index < -0.39 is 11.0 Å². The molecule has 0 saturated heterocycles. The average Bonchev–Trinajstić information content (AvgIpc) is 1.69. The second-order valence-electron chi connectivity index (χ2n) is 0.618. The fraction of sp³-hybridized carbons (Fsp3) is 0. The number of rotatable bonds is 1. The van der Waals surface area contributed by atoms with Gasteiger partial charge in [-0.3, -0.25) is 0 Å². The highest BCUT2D eigenvalue weighted by Gasteiger charge is 1.62. The summed E-state index contributed by atoms with van der Waals surface area (Å²) in [5.74, 6) is 4.08. The summed E-state index contributed by atoms with van der Waals surface area (Å²) in [6.07, 6.45) is 1.50. The number of thiol groups is 1. The van der Waals surface area contributed by atoms with Gasteiger partial charge in [-0.1, -0.05) is 6.08 Å². The van der Waals surface area contributed by atoms with Crippen molar-refractivity contribution in [2.75, 3.05) is 0 Å². The van der Waals surface area contributed by atoms with Crippen LogP contribution in [0.3, 0.4) is 0 Å². The van der Waals surface area contributed by atoms with Crippen LogP contribution in [-0.4, -0.2) is 8.42 Å². The van der Waals surface area contributed by atoms with Gasteiger partial charge in [0.2, 0.25) is 0 Å². The zero-order valence-corrected chi connectivity index (χ0v) is 5.14. The largest absolute Gasteiger partial charge is 0.272 e. The minimum Gasteiger partial charge on any atom is -0.201 e. The molecule has 0 unspecified atom stereocenters. The van der Waals surface area contributed by atoms with E-state index in [2.05, 4.69) is 23.7 Å². The van der Waals surface area contributed by atoms with Crippen molar-refractivity contribution >= 4 is 11.0 Å². The molecule has 0 aromatic rings. The van der Waals surface area contributed by atoms with Crippen LogP contribution in [0, 0.1) is 6.92 Å². The van der Waals surface area contributed by atoms with E-state index in [0.29, 0.717) is 0 Å². The minimum absolute atomic E-state index is 1.50. The lowest BCUT2D eigenvalue weighted by Crippen LogP contribution is -1.93. The quantitative estimate of drug-likeness (QED) is 0.375. The van der Waals surface area contributed by atoms with Crippen molar-refractivity contribution in [2.24, 2.45) is 5.90 Å². The van der Waals surface area contributed by atoms with Gasteiger partial charge in [-0.2, -0.15) is 10.2 Å². The van der Waals surface area contributed by atoms with Gasteiger partial charge in [0.25, 0.3) is 11.0 Å². The fourth-order valence-electron chi connectivity index (χ4n) is 0. The van der Waals surface area contributed by atoms with E-state index in [1.165, 1.54) is 6.08 Å². The Kier molecular flexibility index (Phi) is 12.9. The Morgan fingerprint density at radius 3 is 1.75 bits per heavy atom. The standard InChI is InChI=1S/C3H5.H3NO3S/c1-3-2;1-4-5(2)3/h3H,1-2H2;5H,1H2. The van der Waals surface area contributed by atoms with E-state index >= 15 is 0 Å². The van der Waals surface area contributed by atoms with Crippen molar-refractivity contribution in [3.63, 3.8) is 0 Å². The molecule has 0 spiro atoms. The van der Waals surface area contributed by atoms with Crippen LogP contribution in [0.1, 0.15) is 0 Å². The van der Waals surface area contributed by atoms with Gasteiger partial charge in [0, 0.05) is 0 Å². The zero-order chi connectivity index (χ0) is 6.99. The Bertz CT molecular complexity index is 101. The molecule has 4 nitrogen and oxygen atoms in total. The van der Waals surface area contributed by atoms with Crippen LogP contribution in [-0.2, 0) is 15.3 Å². The highest BCUT2D eigenvalue weighted by Crippen LogP contribution is 1.45. The predicted molar refractivity (Wildman–Crippen MR) is 31.1 cm³/mol. The third kappa shape index (κ3) is 46.0. The van der Waals surface area contributed by atoms with Crippen molar-refractivity contribution in [2.45, 2.75) is 0 Å². The van der Waals surface area contributed by atoms with Gasteiger partial charge in [-0.15, -0.1) is 6.58 Å². The van der Waals surface area contributed by atoms with E-state index in [-0.39, 0.29) is 0 Å². The van der Waals surface area contributed by atoms with E-state index in [1.807, 2.05) is 0 Å². The molecular formula is C3H8NO3S. The smallest absolute Gasteiger partial charge is 0.201 e. The predicted octanol–water partition coefficient (Wildman–Crippen LogP) is -0.590. The van der Waals surface area contributed by atoms with Gasteiger partial charge in [-0.05, 0) is 6.92 Å². The molecule has 0 saturated carbocycles. The molecule has 1 radical (unpaired) electrons. The van der Waals surface area contributed by atoms with Crippen molar-refractivity contribution in [1.82, 2.24) is 0 Å². The summed E-state index contributed by atoms with van der Waals surface area (Å²) in [5, 5.41) is 0. The van der Waals surface area contributed by atoms with E-state index in [9.17, 15) is 0 Å². The molecule has 0 aromatic carbocycles. The van der Waals surface area contributed by atoms with Crippen molar-refractivity contribution in [3.8, 4) is 0 Å². The molecule has 0 rings (SSSR count). The summed E-state index contributed by atoms with van der Waals surface area (Å²) in [6, 6.07) is 0. The van der Waals surface area contributed by atoms with E-state index in [1.54, 1.807) is 0 Å². The van der Waals surface area contributed by atoms with Gasteiger partial charge in [0.05, 0.1) is 0 Å². The molecule has 0 amide bonds. The summed E-state index contributed by atoms with van der Waals surface area (Å²) >= 11 is 0. The summed E-state index contributed by atoms with van der Waals surface area (Å²) in [5.41, 5.74) is 0. The lowest BCUT2D eigenvalue weighted by molar-refractivity contribution is 0.350. The van der Waals surface area contributed by atoms with Crippen LogP contribution in [0.15, 0.2) is 12.7 Å². The highest BCUT2D eigenvalue weighted by atomic mass is 32.2. The van der Waals surface area contributed by atoms with Crippen LogP contribution < -0.4 is 5.90 Å². The number of hydrogen-bond donors (Lipinski definition) is 2. The summed E-state index contributed by atoms with van der Waals surface area (Å²) in [4.78, 5) is 0. The topological polar surface area (TPSA) is 69.4 Å². The zero-order valence-electron chi connectivity index (χ0n) is 4.24. The van der Waals surface area contributed by atoms with Crippen LogP contribution in [0.5, 0.6) is 0 Å². The first kappa shape index (κ1) is 10.6. The summed E-state index contributed by atoms with van der Waals surface area (Å²) in [6.45, 7) is 6.50. The van der Waals surface area contributed by atoms with Crippen LogP contribution >= 0.6 is 0 Å². The Balaban J connectivity index is 0. The van der Waals surface area contributed by atoms with Gasteiger partial charge < -0.3 is 0 Å². The monoisotopic (exact) mass is 138 g/mol. The van der Waals surface area contributed by atoms with E-state index in [0.717, 1.165) is 0 Å². The molecule has 2 N–H and O–H groups in total. The molecule has 49 valence electrons. The lowest BCUT2D eigenvalue weighted by Gasteiger charge is -1.66. The van der Waals surface area contributed by atoms with Crippen LogP contribution in [0.2, 0.25) is 0 Å². The molecule has 8 heavy (non-hydrogen) atoms. The molecule has 0 aliphatic heterocycles. The normalized spacial score (nSPS) is 7.38. The molecule has 0 aliphatic carbocycles. The molecule has 5 heteroatoms. The van der Waals surface area contributed by atoms with Gasteiger partial charge in [0.1, 0.15) is 0 Å². The van der Waals surface area contributed by atoms with Gasteiger partial charge in [-0.25, -0.2) is 8.42 Å². The molecular weight excluding hydrogens is 130 g/mol. The van der Waals surface area contributed by atoms with Gasteiger partial charge >= 0.3 is 0 Å². The SMILES string of the molecule is NO[SH](=O)=O.[CH2]C=C. The maximum atomic E-state index is 9.06. The Hall–Kier alpha value is -0.390. The van der Waals surface area contributed by atoms with E-state index in [4.69, 9.17) is 8.42 Å². The Labute approximate surface area is 50.1 Å². The highest BCUT2D eigenvalue weighted by molar-refractivity contribution is 7.67. The Morgan fingerprint density at radius 1 is 1.62 bits per heavy atom. The molecule has 0 atom stereocenters. The third-order valence-corrected chi connectivity index (χ3v) is 0.258. The lowest BCUT2D eigenvalue weighted by atomic mass is 10.8. The third-order valence-electron chi connectivity index (χ3n) is 0.0861. The van der Waals surface area contributed by atoms with Crippen molar-refractivity contribution in [3.05, 3.63) is 19.6 Å². The average molecular weight is 138 g/mol. The number of allylic oxidation sites excluding steroid dienone is 1. The van der Waals surface area contributed by atoms with Crippen LogP contribution in [0.4, 0.5) is 0 Å². The van der Waals surface area contributed by atoms with Crippen LogP contribution in [0.25, 0.3) is 0 Å². The van der Waals surface area contributed by atoms with Crippen molar-refractivity contribution < 1.29 is 12.7 Å². The number of nitrogens with two attached hydrogens (primary N) is 1. The molecule has 0 heterocycles. The molecule has 0 fully saturated rings. The molecule has 0 bridgehead atoms. The first-order valence-electron chi connectivity index (χ1n) is 1.60. The molecule has 0 aromatic heterocycles. The first-order chi connectivity index (χ1) is 3.68. The molecule has 0 aliphatic rings. The maximum Gasteiger partial charge on any atom is 0.272 e. The van der Waals surface area contributed by atoms with Gasteiger partial charge in [0.15, 0.2) is 0 Å².